The fourth-order valence-electron chi connectivity index (χ4n) is 4.33. The van der Waals surface area contributed by atoms with Crippen LogP contribution in [0, 0.1) is 13.8 Å². The lowest BCUT2D eigenvalue weighted by Gasteiger charge is -2.23. The number of anilines is 1. The number of aliphatic hydroxyl groups excluding tert-OH is 1. The van der Waals surface area contributed by atoms with Crippen LogP contribution in [0.4, 0.5) is 5.13 Å². The van der Waals surface area contributed by atoms with Gasteiger partial charge in [0.15, 0.2) is 5.13 Å². The summed E-state index contributed by atoms with van der Waals surface area (Å²) in [6, 6.07) is 17.5. The van der Waals surface area contributed by atoms with E-state index < -0.39 is 17.7 Å². The van der Waals surface area contributed by atoms with Crippen LogP contribution in [-0.4, -0.2) is 28.9 Å². The van der Waals surface area contributed by atoms with E-state index in [-0.39, 0.29) is 11.3 Å². The van der Waals surface area contributed by atoms with E-state index in [0.29, 0.717) is 22.0 Å². The lowest BCUT2D eigenvalue weighted by Crippen LogP contribution is -2.29. The van der Waals surface area contributed by atoms with Gasteiger partial charge in [0.1, 0.15) is 11.5 Å². The Bertz CT molecular complexity index is 1540. The van der Waals surface area contributed by atoms with Crippen molar-refractivity contribution in [2.75, 3.05) is 12.0 Å². The van der Waals surface area contributed by atoms with Crippen LogP contribution in [0.3, 0.4) is 0 Å². The number of ketones is 1. The normalized spacial score (nSPS) is 17.4. The number of ether oxygens (including phenoxy) is 1. The highest BCUT2D eigenvalue weighted by molar-refractivity contribution is 9.10. The van der Waals surface area contributed by atoms with Gasteiger partial charge in [-0.05, 0) is 73.0 Å². The number of nitrogens with zero attached hydrogens (tertiary/aromatic N) is 2. The third kappa shape index (κ3) is 4.02. The van der Waals surface area contributed by atoms with Crippen LogP contribution in [0.2, 0.25) is 0 Å². The van der Waals surface area contributed by atoms with Crippen LogP contribution in [0.15, 0.2) is 70.7 Å². The van der Waals surface area contributed by atoms with Crippen LogP contribution in [0.5, 0.6) is 5.75 Å². The van der Waals surface area contributed by atoms with Gasteiger partial charge in [-0.1, -0.05) is 45.5 Å². The average molecular weight is 549 g/mol. The van der Waals surface area contributed by atoms with Gasteiger partial charge in [0.05, 0.1) is 28.9 Å². The number of hydrogen-bond donors (Lipinski definition) is 1. The maximum absolute atomic E-state index is 13.4. The number of carbonyl (C=O) groups is 2. The Balaban J connectivity index is 1.73. The van der Waals surface area contributed by atoms with Gasteiger partial charge in [-0.3, -0.25) is 14.5 Å². The molecular formula is C27H21BrN2O4S. The third-order valence-electron chi connectivity index (χ3n) is 6.02. The molecule has 1 aliphatic heterocycles. The largest absolute Gasteiger partial charge is 0.507 e. The molecule has 176 valence electrons. The quantitative estimate of drug-likeness (QED) is 0.183. The Hall–Kier alpha value is -3.49. The summed E-state index contributed by atoms with van der Waals surface area (Å²) in [5.41, 5.74) is 3.76. The summed E-state index contributed by atoms with van der Waals surface area (Å²) in [4.78, 5) is 32.8. The van der Waals surface area contributed by atoms with Gasteiger partial charge in [0.2, 0.25) is 0 Å². The highest BCUT2D eigenvalue weighted by Gasteiger charge is 2.48. The van der Waals surface area contributed by atoms with Crippen LogP contribution in [0.1, 0.15) is 28.3 Å². The van der Waals surface area contributed by atoms with Crippen molar-refractivity contribution in [2.45, 2.75) is 19.9 Å². The van der Waals surface area contributed by atoms with Crippen molar-refractivity contribution < 1.29 is 19.4 Å². The molecule has 8 heteroatoms. The van der Waals surface area contributed by atoms with Gasteiger partial charge in [0.25, 0.3) is 5.78 Å². The van der Waals surface area contributed by atoms with E-state index in [9.17, 15) is 14.7 Å². The predicted molar refractivity (Wildman–Crippen MR) is 141 cm³/mol. The second-order valence-electron chi connectivity index (χ2n) is 8.38. The molecule has 0 aliphatic carbocycles. The highest BCUT2D eigenvalue weighted by atomic mass is 79.9. The molecule has 35 heavy (non-hydrogen) atoms. The number of aromatic nitrogens is 1. The fraction of sp³-hybridized carbons (Fsp3) is 0.148. The zero-order valence-electron chi connectivity index (χ0n) is 19.2. The second-order valence-corrected chi connectivity index (χ2v) is 10.3. The minimum atomic E-state index is -0.837. The number of aryl methyl sites for hydroxylation is 2. The molecule has 1 fully saturated rings. The van der Waals surface area contributed by atoms with Gasteiger partial charge in [-0.25, -0.2) is 4.98 Å². The van der Waals surface area contributed by atoms with Crippen molar-refractivity contribution in [3.63, 3.8) is 0 Å². The van der Waals surface area contributed by atoms with Crippen molar-refractivity contribution in [3.8, 4) is 5.75 Å². The Morgan fingerprint density at radius 2 is 1.89 bits per heavy atom. The standard InChI is InChI=1S/C27H21BrN2O4S/c1-14-7-9-19-21(11-14)35-27(29-19)30-23(16-5-4-6-18(28)13-16)22(25(32)26(30)33)24(31)17-8-10-20(34-3)15(2)12-17/h4-13,23,31H,1-3H3/b24-22+/t23-/m1/s1. The van der Waals surface area contributed by atoms with Crippen LogP contribution < -0.4 is 9.64 Å². The number of hydrogen-bond acceptors (Lipinski definition) is 6. The Labute approximate surface area is 214 Å². The minimum Gasteiger partial charge on any atom is -0.507 e. The molecule has 1 saturated heterocycles. The lowest BCUT2D eigenvalue weighted by molar-refractivity contribution is -0.132. The summed E-state index contributed by atoms with van der Waals surface area (Å²) in [6.07, 6.45) is 0. The summed E-state index contributed by atoms with van der Waals surface area (Å²) >= 11 is 4.83. The van der Waals surface area contributed by atoms with E-state index in [1.165, 1.54) is 16.2 Å². The minimum absolute atomic E-state index is 0.0214. The van der Waals surface area contributed by atoms with Crippen molar-refractivity contribution in [2.24, 2.45) is 0 Å². The van der Waals surface area contributed by atoms with Gasteiger partial charge in [0, 0.05) is 10.0 Å². The molecule has 5 rings (SSSR count). The number of thiazole rings is 1. The Morgan fingerprint density at radius 3 is 2.60 bits per heavy atom. The molecule has 0 bridgehead atoms. The van der Waals surface area contributed by atoms with Gasteiger partial charge in [-0.2, -0.15) is 0 Å². The van der Waals surface area contributed by atoms with Gasteiger partial charge >= 0.3 is 5.91 Å². The second kappa shape index (κ2) is 8.94. The predicted octanol–water partition coefficient (Wildman–Crippen LogP) is 6.31. The number of rotatable bonds is 4. The zero-order chi connectivity index (χ0) is 24.9. The molecule has 1 aliphatic rings. The molecule has 1 amide bonds. The fourth-order valence-corrected chi connectivity index (χ4v) is 5.83. The third-order valence-corrected chi connectivity index (χ3v) is 7.53. The van der Waals surface area contributed by atoms with Crippen molar-refractivity contribution >= 4 is 60.1 Å². The van der Waals surface area contributed by atoms with E-state index in [2.05, 4.69) is 20.9 Å². The average Bonchev–Trinajstić information content (AvgIpc) is 3.36. The molecular weight excluding hydrogens is 528 g/mol. The maximum Gasteiger partial charge on any atom is 0.301 e. The Morgan fingerprint density at radius 1 is 1.09 bits per heavy atom. The molecule has 0 saturated carbocycles. The summed E-state index contributed by atoms with van der Waals surface area (Å²) in [6.45, 7) is 3.84. The molecule has 0 spiro atoms. The zero-order valence-corrected chi connectivity index (χ0v) is 21.6. The summed E-state index contributed by atoms with van der Waals surface area (Å²) in [7, 11) is 1.57. The van der Waals surface area contributed by atoms with Gasteiger partial charge < -0.3 is 9.84 Å². The number of Topliss-reactive ketones (excluding diaryl/α,β-unsaturated/α-hetero) is 1. The highest BCUT2D eigenvalue weighted by Crippen LogP contribution is 2.45. The van der Waals surface area contributed by atoms with Crippen LogP contribution in [0.25, 0.3) is 16.0 Å². The molecule has 1 aromatic heterocycles. The van der Waals surface area contributed by atoms with Crippen LogP contribution in [-0.2, 0) is 9.59 Å². The molecule has 0 radical (unpaired) electrons. The molecule has 1 N–H and O–H groups in total. The van der Waals surface area contributed by atoms with E-state index >= 15 is 0 Å². The Kier molecular flexibility index (Phi) is 5.94. The number of amides is 1. The van der Waals surface area contributed by atoms with E-state index in [1.807, 2.05) is 56.3 Å². The monoisotopic (exact) mass is 548 g/mol. The van der Waals surface area contributed by atoms with Crippen molar-refractivity contribution in [1.82, 2.24) is 4.98 Å². The summed E-state index contributed by atoms with van der Waals surface area (Å²) < 4.78 is 7.03. The van der Waals surface area contributed by atoms with E-state index in [4.69, 9.17) is 4.74 Å². The van der Waals surface area contributed by atoms with Crippen molar-refractivity contribution in [3.05, 3.63) is 93.0 Å². The number of carbonyl (C=O) groups excluding carboxylic acids is 2. The number of aliphatic hydroxyl groups is 1. The number of benzene rings is 3. The smallest absolute Gasteiger partial charge is 0.301 e. The van der Waals surface area contributed by atoms with Gasteiger partial charge in [-0.15, -0.1) is 0 Å². The first-order chi connectivity index (χ1) is 16.8. The molecule has 0 unspecified atom stereocenters. The maximum atomic E-state index is 13.4. The topological polar surface area (TPSA) is 79.7 Å². The first-order valence-corrected chi connectivity index (χ1v) is 12.5. The number of methoxy groups -OCH3 is 1. The number of halogens is 1. The lowest BCUT2D eigenvalue weighted by atomic mass is 9.95. The SMILES string of the molecule is COc1ccc(/C(O)=C2\C(=O)C(=O)N(c3nc4ccc(C)cc4s3)[C@@H]2c2cccc(Br)c2)cc1C. The molecule has 6 nitrogen and oxygen atoms in total. The summed E-state index contributed by atoms with van der Waals surface area (Å²) in [5, 5.41) is 11.8. The molecule has 3 aromatic carbocycles. The number of fused-ring (bicyclic) bond motifs is 1. The first kappa shape index (κ1) is 23.3. The van der Waals surface area contributed by atoms with Crippen LogP contribution >= 0.6 is 27.3 Å². The summed E-state index contributed by atoms with van der Waals surface area (Å²) in [5.74, 6) is -1.05. The first-order valence-electron chi connectivity index (χ1n) is 10.9. The van der Waals surface area contributed by atoms with E-state index in [1.54, 1.807) is 25.3 Å². The molecule has 2 heterocycles. The molecule has 1 atom stereocenters. The van der Waals surface area contributed by atoms with E-state index in [0.717, 1.165) is 25.8 Å². The van der Waals surface area contributed by atoms with Crippen molar-refractivity contribution in [1.29, 1.82) is 0 Å². The molecule has 4 aromatic rings.